The molecule has 0 spiro atoms. The smallest absolute Gasteiger partial charge is 0.358 e. The summed E-state index contributed by atoms with van der Waals surface area (Å²) in [6, 6.07) is 45.4. The topological polar surface area (TPSA) is 3.24 Å². The molecule has 0 heterocycles. The molecule has 0 aromatic heterocycles. The van der Waals surface area contributed by atoms with Crippen molar-refractivity contribution in [3.05, 3.63) is 136 Å². The number of hydrogen-bond acceptors (Lipinski definition) is 1. The Bertz CT molecular complexity index is 1170. The van der Waals surface area contributed by atoms with Gasteiger partial charge in [0.2, 0.25) is 0 Å². The van der Waals surface area contributed by atoms with E-state index in [1.807, 2.05) is 0 Å². The van der Waals surface area contributed by atoms with Crippen LogP contribution in [0.5, 0.6) is 0 Å². The summed E-state index contributed by atoms with van der Waals surface area (Å²) in [5.41, 5.74) is 0.704. The SMILES string of the molecule is C1CCCC1.C[C@@H](C1CCCC1P(c1ccccc1)c1ccccc1)N(C)P(c1ccccc1)c1ccccc1.[CH3-].[CH3-].[Fe+2]. The Kier molecular flexibility index (Phi) is 17.0. The molecule has 43 heavy (non-hydrogen) atoms. The van der Waals surface area contributed by atoms with Crippen LogP contribution in [-0.2, 0) is 17.1 Å². The zero-order valence-corrected chi connectivity index (χ0v) is 29.5. The van der Waals surface area contributed by atoms with Crippen LogP contribution < -0.4 is 21.2 Å². The Morgan fingerprint density at radius 1 is 0.535 bits per heavy atom. The number of nitrogens with zero attached hydrogens (tertiary/aromatic N) is 1. The van der Waals surface area contributed by atoms with Crippen molar-refractivity contribution >= 4 is 37.2 Å². The van der Waals surface area contributed by atoms with E-state index in [-0.39, 0.29) is 31.9 Å². The van der Waals surface area contributed by atoms with Crippen LogP contribution in [-0.4, -0.2) is 23.4 Å². The van der Waals surface area contributed by atoms with Crippen molar-refractivity contribution in [2.75, 3.05) is 7.05 Å². The average molecular weight is 652 g/mol. The van der Waals surface area contributed by atoms with Gasteiger partial charge < -0.3 is 14.9 Å². The molecule has 2 aliphatic carbocycles. The van der Waals surface area contributed by atoms with Crippen LogP contribution in [0.3, 0.4) is 0 Å². The van der Waals surface area contributed by atoms with Crippen LogP contribution in [0, 0.1) is 20.8 Å². The van der Waals surface area contributed by atoms with Crippen molar-refractivity contribution in [3.63, 3.8) is 0 Å². The molecule has 3 atom stereocenters. The Labute approximate surface area is 276 Å². The Balaban J connectivity index is 0.000000734. The third-order valence-corrected chi connectivity index (χ3v) is 14.3. The van der Waals surface area contributed by atoms with Gasteiger partial charge in [-0.05, 0) is 67.5 Å². The van der Waals surface area contributed by atoms with Gasteiger partial charge in [0.1, 0.15) is 0 Å². The Hall–Kier alpha value is -1.78. The maximum Gasteiger partial charge on any atom is 2.00 e. The van der Waals surface area contributed by atoms with E-state index in [9.17, 15) is 0 Å². The molecule has 0 bridgehead atoms. The van der Waals surface area contributed by atoms with E-state index in [1.54, 1.807) is 0 Å². The molecule has 4 aromatic rings. The monoisotopic (exact) mass is 651 g/mol. The molecule has 0 N–H and O–H groups in total. The normalized spacial score (nSPS) is 18.2. The molecule has 2 unspecified atom stereocenters. The van der Waals surface area contributed by atoms with Crippen molar-refractivity contribution in [2.45, 2.75) is 70.0 Å². The Morgan fingerprint density at radius 3 is 1.26 bits per heavy atom. The zero-order chi connectivity index (χ0) is 27.6. The summed E-state index contributed by atoms with van der Waals surface area (Å²) in [5, 5.41) is 5.92. The Morgan fingerprint density at radius 2 is 0.884 bits per heavy atom. The largest absolute Gasteiger partial charge is 2.00 e. The van der Waals surface area contributed by atoms with E-state index in [0.717, 1.165) is 0 Å². The van der Waals surface area contributed by atoms with Crippen molar-refractivity contribution in [3.8, 4) is 0 Å². The quantitative estimate of drug-likeness (QED) is 0.104. The molecule has 0 radical (unpaired) electrons. The van der Waals surface area contributed by atoms with E-state index in [0.29, 0.717) is 17.6 Å². The molecule has 230 valence electrons. The second-order valence-corrected chi connectivity index (χ2v) is 16.0. The van der Waals surface area contributed by atoms with Gasteiger partial charge >= 0.3 is 17.1 Å². The van der Waals surface area contributed by atoms with Gasteiger partial charge in [-0.2, -0.15) is 0 Å². The van der Waals surface area contributed by atoms with E-state index < -0.39 is 16.0 Å². The maximum absolute atomic E-state index is 2.71. The third kappa shape index (κ3) is 9.85. The fourth-order valence-corrected chi connectivity index (χ4v) is 12.3. The summed E-state index contributed by atoms with van der Waals surface area (Å²) >= 11 is 0. The summed E-state index contributed by atoms with van der Waals surface area (Å²) in [6.45, 7) is 2.49. The standard InChI is InChI=1S/C32H35NP2.C5H10.2CH3.Fe/c1-26(33(2)35(29-20-11-5-12-21-29)30-22-13-6-14-23-30)31-24-15-25-32(31)34(27-16-7-3-8-17-27)28-18-9-4-10-19-28;1-2-4-5-3-1;;;/h3-14,16-23,26,31-32H,15,24-25H2,1-2H3;1-5H2;2*1H3;/q;;2*-1;+2/t26-,31?,32?;;;;/m0..../s1. The summed E-state index contributed by atoms with van der Waals surface area (Å²) in [5.74, 6) is 0.684. The van der Waals surface area contributed by atoms with Gasteiger partial charge in [-0.1, -0.05) is 160 Å². The van der Waals surface area contributed by atoms with Crippen molar-refractivity contribution in [2.24, 2.45) is 5.92 Å². The van der Waals surface area contributed by atoms with E-state index in [1.165, 1.54) is 72.6 Å². The minimum Gasteiger partial charge on any atom is -0.358 e. The van der Waals surface area contributed by atoms with Gasteiger partial charge in [0.15, 0.2) is 0 Å². The number of rotatable bonds is 8. The zero-order valence-electron chi connectivity index (χ0n) is 26.6. The summed E-state index contributed by atoms with van der Waals surface area (Å²) in [6.07, 6.45) is 11.5. The van der Waals surface area contributed by atoms with Gasteiger partial charge in [-0.3, -0.25) is 4.67 Å². The molecular formula is C39H51FeNP2. The molecule has 2 fully saturated rings. The third-order valence-electron chi connectivity index (χ3n) is 8.71. The van der Waals surface area contributed by atoms with Gasteiger partial charge in [-0.25, -0.2) is 0 Å². The van der Waals surface area contributed by atoms with E-state index in [2.05, 4.69) is 140 Å². The van der Waals surface area contributed by atoms with Crippen LogP contribution in [0.4, 0.5) is 0 Å². The minimum absolute atomic E-state index is 0. The number of benzene rings is 4. The molecule has 2 saturated carbocycles. The maximum atomic E-state index is 2.71. The molecule has 6 rings (SSSR count). The van der Waals surface area contributed by atoms with Crippen LogP contribution in [0.25, 0.3) is 0 Å². The fraction of sp³-hybridized carbons (Fsp3) is 0.333. The molecule has 4 heteroatoms. The van der Waals surface area contributed by atoms with Gasteiger partial charge in [0, 0.05) is 14.1 Å². The van der Waals surface area contributed by atoms with Gasteiger partial charge in [0.25, 0.3) is 0 Å². The molecule has 2 aliphatic rings. The first-order chi connectivity index (χ1) is 19.7. The van der Waals surface area contributed by atoms with Crippen molar-refractivity contribution in [1.82, 2.24) is 4.67 Å². The summed E-state index contributed by atoms with van der Waals surface area (Å²) in [7, 11) is 1.40. The van der Waals surface area contributed by atoms with Crippen molar-refractivity contribution < 1.29 is 17.1 Å². The van der Waals surface area contributed by atoms with Crippen molar-refractivity contribution in [1.29, 1.82) is 0 Å². The van der Waals surface area contributed by atoms with E-state index >= 15 is 0 Å². The molecule has 1 nitrogen and oxygen atoms in total. The fourth-order valence-electron chi connectivity index (χ4n) is 6.56. The predicted molar refractivity (Wildman–Crippen MR) is 192 cm³/mol. The summed E-state index contributed by atoms with van der Waals surface area (Å²) < 4.78 is 2.71. The second kappa shape index (κ2) is 19.6. The first-order valence-corrected chi connectivity index (χ1v) is 18.0. The van der Waals surface area contributed by atoms with Gasteiger partial charge in [-0.15, -0.1) is 0 Å². The molecule has 0 aliphatic heterocycles. The first-order valence-electron chi connectivity index (χ1n) is 15.3. The first kappa shape index (κ1) is 37.4. The molecule has 0 amide bonds. The second-order valence-electron chi connectivity index (χ2n) is 11.3. The predicted octanol–water partition coefficient (Wildman–Crippen LogP) is 9.50. The molecular weight excluding hydrogens is 600 g/mol. The number of hydrogen-bond donors (Lipinski definition) is 0. The van der Waals surface area contributed by atoms with Crippen LogP contribution in [0.1, 0.15) is 58.3 Å². The average Bonchev–Trinajstić information content (AvgIpc) is 3.76. The van der Waals surface area contributed by atoms with Crippen LogP contribution in [0.2, 0.25) is 0 Å². The van der Waals surface area contributed by atoms with Crippen LogP contribution >= 0.6 is 16.0 Å². The van der Waals surface area contributed by atoms with E-state index in [4.69, 9.17) is 0 Å². The van der Waals surface area contributed by atoms with Crippen LogP contribution in [0.15, 0.2) is 121 Å². The summed E-state index contributed by atoms with van der Waals surface area (Å²) in [4.78, 5) is 0. The minimum atomic E-state index is -0.574. The molecule has 0 saturated heterocycles. The van der Waals surface area contributed by atoms with Gasteiger partial charge in [0.05, 0.1) is 0 Å². The molecule has 4 aromatic carbocycles.